The second-order valence-corrected chi connectivity index (χ2v) is 4.93. The Morgan fingerprint density at radius 1 is 1.25 bits per heavy atom. The molecule has 0 spiro atoms. The Labute approximate surface area is 102 Å². The van der Waals surface area contributed by atoms with Gasteiger partial charge < -0.3 is 5.21 Å². The lowest BCUT2D eigenvalue weighted by Gasteiger charge is -2.23. The average molecular weight is 240 g/mol. The van der Waals surface area contributed by atoms with Gasteiger partial charge in [0.2, 0.25) is 0 Å². The van der Waals surface area contributed by atoms with Crippen molar-refractivity contribution in [1.29, 1.82) is 0 Å². The van der Waals surface area contributed by atoms with E-state index < -0.39 is 0 Å². The lowest BCUT2D eigenvalue weighted by atomic mass is 9.84. The molecule has 1 fully saturated rings. The molecule has 0 saturated heterocycles. The van der Waals surface area contributed by atoms with E-state index >= 15 is 0 Å². The molecule has 1 saturated carbocycles. The van der Waals surface area contributed by atoms with Crippen molar-refractivity contribution in [3.05, 3.63) is 34.3 Å². The second-order valence-electron chi connectivity index (χ2n) is 4.53. The fourth-order valence-electron chi connectivity index (χ4n) is 2.52. The molecule has 0 amide bonds. The summed E-state index contributed by atoms with van der Waals surface area (Å²) < 4.78 is 0. The quantitative estimate of drug-likeness (QED) is 0.785. The maximum absolute atomic E-state index is 8.64. The summed E-state index contributed by atoms with van der Waals surface area (Å²) in [6, 6.07) is 6.11. The number of hydroxylamine groups is 1. The van der Waals surface area contributed by atoms with E-state index in [-0.39, 0.29) is 0 Å². The van der Waals surface area contributed by atoms with Crippen LogP contribution in [0.3, 0.4) is 0 Å². The van der Waals surface area contributed by atoms with Gasteiger partial charge in [0.15, 0.2) is 0 Å². The van der Waals surface area contributed by atoms with E-state index in [0.717, 1.165) is 10.6 Å². The standard InChI is InChI=1S/C13H18ClNO/c14-13-8-10(9-15-16)6-7-12(13)11-4-2-1-3-5-11/h6-8,11,15-16H,1-5,9H2. The first-order chi connectivity index (χ1) is 7.81. The van der Waals surface area contributed by atoms with E-state index in [1.807, 2.05) is 12.1 Å². The third-order valence-corrected chi connectivity index (χ3v) is 3.72. The summed E-state index contributed by atoms with van der Waals surface area (Å²) in [5, 5.41) is 9.48. The Hall–Kier alpha value is -0.570. The second kappa shape index (κ2) is 5.67. The third kappa shape index (κ3) is 2.76. The Morgan fingerprint density at radius 2 is 2.00 bits per heavy atom. The number of halogens is 1. The van der Waals surface area contributed by atoms with Gasteiger partial charge >= 0.3 is 0 Å². The van der Waals surface area contributed by atoms with Crippen LogP contribution in [0.2, 0.25) is 5.02 Å². The Morgan fingerprint density at radius 3 is 2.62 bits per heavy atom. The Bertz CT molecular complexity index is 348. The van der Waals surface area contributed by atoms with E-state index in [0.29, 0.717) is 12.5 Å². The molecular formula is C13H18ClNO. The fourth-order valence-corrected chi connectivity index (χ4v) is 2.87. The molecule has 2 rings (SSSR count). The van der Waals surface area contributed by atoms with Crippen LogP contribution < -0.4 is 5.48 Å². The molecule has 0 atom stereocenters. The highest BCUT2D eigenvalue weighted by molar-refractivity contribution is 6.31. The minimum Gasteiger partial charge on any atom is -0.316 e. The minimum absolute atomic E-state index is 0.449. The molecule has 3 heteroatoms. The van der Waals surface area contributed by atoms with Crippen LogP contribution >= 0.6 is 11.6 Å². The predicted octanol–water partition coefficient (Wildman–Crippen LogP) is 3.87. The molecule has 2 N–H and O–H groups in total. The molecule has 0 bridgehead atoms. The third-order valence-electron chi connectivity index (χ3n) is 3.39. The molecule has 1 aliphatic carbocycles. The van der Waals surface area contributed by atoms with E-state index in [1.165, 1.54) is 37.7 Å². The summed E-state index contributed by atoms with van der Waals surface area (Å²) >= 11 is 6.29. The van der Waals surface area contributed by atoms with Crippen molar-refractivity contribution in [3.8, 4) is 0 Å². The largest absolute Gasteiger partial charge is 0.316 e. The summed E-state index contributed by atoms with van der Waals surface area (Å²) in [5.74, 6) is 0.636. The molecule has 16 heavy (non-hydrogen) atoms. The van der Waals surface area contributed by atoms with Crippen molar-refractivity contribution < 1.29 is 5.21 Å². The van der Waals surface area contributed by atoms with Crippen LogP contribution in [0.1, 0.15) is 49.1 Å². The highest BCUT2D eigenvalue weighted by Crippen LogP contribution is 2.36. The maximum atomic E-state index is 8.64. The molecule has 0 radical (unpaired) electrons. The van der Waals surface area contributed by atoms with Gasteiger partial charge in [-0.25, -0.2) is 5.48 Å². The number of benzene rings is 1. The van der Waals surface area contributed by atoms with E-state index in [9.17, 15) is 0 Å². The van der Waals surface area contributed by atoms with Crippen molar-refractivity contribution in [3.63, 3.8) is 0 Å². The SMILES string of the molecule is ONCc1ccc(C2CCCCC2)c(Cl)c1. The van der Waals surface area contributed by atoms with Crippen LogP contribution in [0.5, 0.6) is 0 Å². The lowest BCUT2D eigenvalue weighted by molar-refractivity contribution is 0.161. The number of rotatable bonds is 3. The van der Waals surface area contributed by atoms with Gasteiger partial charge in [0.1, 0.15) is 0 Å². The van der Waals surface area contributed by atoms with Gasteiger partial charge in [0, 0.05) is 11.6 Å². The monoisotopic (exact) mass is 239 g/mol. The molecule has 88 valence electrons. The van der Waals surface area contributed by atoms with Gasteiger partial charge in [0.25, 0.3) is 0 Å². The van der Waals surface area contributed by atoms with Crippen molar-refractivity contribution in [2.75, 3.05) is 0 Å². The molecule has 0 unspecified atom stereocenters. The molecule has 2 nitrogen and oxygen atoms in total. The highest BCUT2D eigenvalue weighted by Gasteiger charge is 2.17. The van der Waals surface area contributed by atoms with Gasteiger partial charge in [0.05, 0.1) is 0 Å². The van der Waals surface area contributed by atoms with Gasteiger partial charge in [-0.05, 0) is 36.0 Å². The van der Waals surface area contributed by atoms with Crippen LogP contribution in [0.15, 0.2) is 18.2 Å². The zero-order chi connectivity index (χ0) is 11.4. The van der Waals surface area contributed by atoms with E-state index in [2.05, 4.69) is 11.5 Å². The summed E-state index contributed by atoms with van der Waals surface area (Å²) in [6.45, 7) is 0.449. The van der Waals surface area contributed by atoms with Crippen molar-refractivity contribution >= 4 is 11.6 Å². The first-order valence-corrected chi connectivity index (χ1v) is 6.34. The molecule has 0 heterocycles. The van der Waals surface area contributed by atoms with Gasteiger partial charge in [-0.3, -0.25) is 0 Å². The van der Waals surface area contributed by atoms with Crippen molar-refractivity contribution in [2.24, 2.45) is 0 Å². The van der Waals surface area contributed by atoms with Crippen molar-refractivity contribution in [2.45, 2.75) is 44.6 Å². The van der Waals surface area contributed by atoms with Crippen LogP contribution in [0.4, 0.5) is 0 Å². The van der Waals surface area contributed by atoms with Crippen LogP contribution in [0, 0.1) is 0 Å². The van der Waals surface area contributed by atoms with Gasteiger partial charge in [-0.1, -0.05) is 43.0 Å². The van der Waals surface area contributed by atoms with Crippen LogP contribution in [-0.2, 0) is 6.54 Å². The van der Waals surface area contributed by atoms with Gasteiger partial charge in [-0.15, -0.1) is 0 Å². The van der Waals surface area contributed by atoms with Crippen LogP contribution in [-0.4, -0.2) is 5.21 Å². The lowest BCUT2D eigenvalue weighted by Crippen LogP contribution is -2.08. The molecule has 1 aromatic rings. The number of nitrogens with one attached hydrogen (secondary N) is 1. The van der Waals surface area contributed by atoms with Crippen molar-refractivity contribution in [1.82, 2.24) is 5.48 Å². The number of hydrogen-bond donors (Lipinski definition) is 2. The Balaban J connectivity index is 2.14. The highest BCUT2D eigenvalue weighted by atomic mass is 35.5. The zero-order valence-corrected chi connectivity index (χ0v) is 10.1. The molecule has 1 aliphatic rings. The molecule has 0 aliphatic heterocycles. The summed E-state index contributed by atoms with van der Waals surface area (Å²) in [4.78, 5) is 0. The van der Waals surface area contributed by atoms with E-state index in [1.54, 1.807) is 0 Å². The summed E-state index contributed by atoms with van der Waals surface area (Å²) in [6.07, 6.45) is 6.52. The molecular weight excluding hydrogens is 222 g/mol. The Kier molecular flexibility index (Phi) is 4.22. The van der Waals surface area contributed by atoms with Crippen LogP contribution in [0.25, 0.3) is 0 Å². The topological polar surface area (TPSA) is 32.3 Å². The number of hydrogen-bond acceptors (Lipinski definition) is 2. The first kappa shape index (κ1) is 11.9. The summed E-state index contributed by atoms with van der Waals surface area (Å²) in [7, 11) is 0. The normalized spacial score (nSPS) is 17.6. The predicted molar refractivity (Wildman–Crippen MR) is 65.9 cm³/mol. The fraction of sp³-hybridized carbons (Fsp3) is 0.538. The molecule has 0 aromatic heterocycles. The smallest absolute Gasteiger partial charge is 0.0458 e. The minimum atomic E-state index is 0.449. The van der Waals surface area contributed by atoms with E-state index in [4.69, 9.17) is 16.8 Å². The van der Waals surface area contributed by atoms with Gasteiger partial charge in [-0.2, -0.15) is 0 Å². The first-order valence-electron chi connectivity index (χ1n) is 5.96. The summed E-state index contributed by atoms with van der Waals surface area (Å²) in [5.41, 5.74) is 4.45. The maximum Gasteiger partial charge on any atom is 0.0458 e. The average Bonchev–Trinajstić information content (AvgIpc) is 2.31. The zero-order valence-electron chi connectivity index (χ0n) is 9.38. The molecule has 1 aromatic carbocycles.